The lowest BCUT2D eigenvalue weighted by molar-refractivity contribution is 0.0696. The predicted octanol–water partition coefficient (Wildman–Crippen LogP) is 0.748. The van der Waals surface area contributed by atoms with Crippen LogP contribution < -0.4 is 10.5 Å². The first kappa shape index (κ1) is 15.7. The second kappa shape index (κ2) is 6.00. The number of primary sulfonamides is 1. The number of aromatic carboxylic acids is 1. The highest BCUT2D eigenvalue weighted by Crippen LogP contribution is 2.26. The zero-order valence-corrected chi connectivity index (χ0v) is 12.1. The van der Waals surface area contributed by atoms with Gasteiger partial charge in [0.2, 0.25) is 10.0 Å². The van der Waals surface area contributed by atoms with Crippen molar-refractivity contribution in [1.82, 2.24) is 0 Å². The van der Waals surface area contributed by atoms with E-state index in [4.69, 9.17) is 5.14 Å². The number of nitrogens with one attached hydrogen (secondary N) is 1. The van der Waals surface area contributed by atoms with E-state index in [0.717, 1.165) is 25.3 Å². The number of carboxylic acids is 1. The number of hydrogen-bond donors (Lipinski definition) is 4. The molecular weight excluding hydrogens is 296 g/mol. The minimum absolute atomic E-state index is 0.181. The molecule has 116 valence electrons. The highest BCUT2D eigenvalue weighted by Gasteiger charge is 2.25. The van der Waals surface area contributed by atoms with E-state index in [1.807, 2.05) is 0 Å². The first-order valence-electron chi connectivity index (χ1n) is 6.64. The van der Waals surface area contributed by atoms with Crippen molar-refractivity contribution >= 4 is 21.7 Å². The van der Waals surface area contributed by atoms with E-state index in [1.54, 1.807) is 0 Å². The fraction of sp³-hybridized carbons (Fsp3) is 0.462. The number of nitrogens with two attached hydrogens (primary N) is 1. The predicted molar refractivity (Wildman–Crippen MR) is 76.7 cm³/mol. The van der Waals surface area contributed by atoms with Crippen LogP contribution in [0.4, 0.5) is 5.69 Å². The summed E-state index contributed by atoms with van der Waals surface area (Å²) in [5, 5.41) is 27.1. The van der Waals surface area contributed by atoms with E-state index >= 15 is 0 Å². The van der Waals surface area contributed by atoms with E-state index in [1.165, 1.54) is 12.1 Å². The Kier molecular flexibility index (Phi) is 4.50. The first-order valence-corrected chi connectivity index (χ1v) is 8.18. The number of carbonyl (C=O) groups is 1. The summed E-state index contributed by atoms with van der Waals surface area (Å²) in [7, 11) is -3.96. The lowest BCUT2D eigenvalue weighted by Crippen LogP contribution is -2.36. The zero-order valence-electron chi connectivity index (χ0n) is 11.3. The molecule has 1 aliphatic rings. The van der Waals surface area contributed by atoms with Gasteiger partial charge in [-0.15, -0.1) is 0 Å². The normalized spacial score (nSPS) is 22.8. The molecule has 7 nitrogen and oxygen atoms in total. The molecule has 1 saturated carbocycles. The van der Waals surface area contributed by atoms with Gasteiger partial charge in [0.05, 0.1) is 22.6 Å². The van der Waals surface area contributed by atoms with E-state index in [2.05, 4.69) is 5.32 Å². The van der Waals surface area contributed by atoms with Crippen LogP contribution in [0.15, 0.2) is 23.1 Å². The second-order valence-corrected chi connectivity index (χ2v) is 6.72. The van der Waals surface area contributed by atoms with E-state index in [0.29, 0.717) is 6.42 Å². The van der Waals surface area contributed by atoms with Crippen molar-refractivity contribution in [2.75, 3.05) is 5.32 Å². The maximum Gasteiger partial charge on any atom is 0.337 e. The lowest BCUT2D eigenvalue weighted by Gasteiger charge is -2.29. The molecule has 1 fully saturated rings. The molecule has 1 aromatic rings. The standard InChI is InChI=1S/C13H18N2O5S/c14-21(19,20)8-5-6-10(9(7-8)13(17)18)15-11-3-1-2-4-12(11)16/h5-7,11-12,15-16H,1-4H2,(H,17,18)(H2,14,19,20). The molecule has 0 radical (unpaired) electrons. The van der Waals surface area contributed by atoms with Crippen LogP contribution in [-0.2, 0) is 10.0 Å². The average molecular weight is 314 g/mol. The summed E-state index contributed by atoms with van der Waals surface area (Å²) in [6, 6.07) is 3.40. The third-order valence-electron chi connectivity index (χ3n) is 3.62. The van der Waals surface area contributed by atoms with Gasteiger partial charge in [-0.2, -0.15) is 0 Å². The molecule has 1 aliphatic carbocycles. The minimum atomic E-state index is -3.96. The fourth-order valence-electron chi connectivity index (χ4n) is 2.48. The van der Waals surface area contributed by atoms with E-state index in [-0.39, 0.29) is 22.2 Å². The van der Waals surface area contributed by atoms with Crippen LogP contribution in [0.5, 0.6) is 0 Å². The van der Waals surface area contributed by atoms with Crippen LogP contribution in [0.25, 0.3) is 0 Å². The first-order chi connectivity index (χ1) is 9.79. The summed E-state index contributed by atoms with van der Waals surface area (Å²) >= 11 is 0. The van der Waals surface area contributed by atoms with E-state index in [9.17, 15) is 23.4 Å². The molecule has 0 aromatic heterocycles. The van der Waals surface area contributed by atoms with Gasteiger partial charge in [-0.05, 0) is 31.0 Å². The topological polar surface area (TPSA) is 130 Å². The van der Waals surface area contributed by atoms with Crippen molar-refractivity contribution in [2.45, 2.75) is 42.7 Å². The Morgan fingerprint density at radius 2 is 1.95 bits per heavy atom. The van der Waals surface area contributed by atoms with Gasteiger partial charge in [-0.1, -0.05) is 12.8 Å². The van der Waals surface area contributed by atoms with Gasteiger partial charge in [-0.25, -0.2) is 18.4 Å². The highest BCUT2D eigenvalue weighted by molar-refractivity contribution is 7.89. The molecule has 0 aliphatic heterocycles. The molecule has 5 N–H and O–H groups in total. The minimum Gasteiger partial charge on any atom is -0.478 e. The number of hydrogen-bond acceptors (Lipinski definition) is 5. The van der Waals surface area contributed by atoms with Crippen molar-refractivity contribution in [3.05, 3.63) is 23.8 Å². The highest BCUT2D eigenvalue weighted by atomic mass is 32.2. The summed E-state index contributed by atoms with van der Waals surface area (Å²) in [6.45, 7) is 0. The van der Waals surface area contributed by atoms with Gasteiger partial charge >= 0.3 is 5.97 Å². The second-order valence-electron chi connectivity index (χ2n) is 5.16. The van der Waals surface area contributed by atoms with Gasteiger partial charge < -0.3 is 15.5 Å². The molecule has 2 unspecified atom stereocenters. The molecule has 0 saturated heterocycles. The summed E-state index contributed by atoms with van der Waals surface area (Å²) in [4.78, 5) is 11.0. The van der Waals surface area contributed by atoms with Crippen molar-refractivity contribution in [3.8, 4) is 0 Å². The largest absolute Gasteiger partial charge is 0.478 e. The van der Waals surface area contributed by atoms with Crippen molar-refractivity contribution in [2.24, 2.45) is 5.14 Å². The Morgan fingerprint density at radius 3 is 2.52 bits per heavy atom. The summed E-state index contributed by atoms with van der Waals surface area (Å²) in [6.07, 6.45) is 2.74. The Bertz CT molecular complexity index is 644. The van der Waals surface area contributed by atoms with Gasteiger partial charge in [0.15, 0.2) is 0 Å². The number of aliphatic hydroxyl groups is 1. The van der Waals surface area contributed by atoms with Crippen LogP contribution >= 0.6 is 0 Å². The summed E-state index contributed by atoms with van der Waals surface area (Å²) in [5.74, 6) is -1.26. The lowest BCUT2D eigenvalue weighted by atomic mass is 9.92. The molecule has 21 heavy (non-hydrogen) atoms. The molecule has 0 spiro atoms. The van der Waals surface area contributed by atoms with Gasteiger partial charge in [0, 0.05) is 5.69 Å². The smallest absolute Gasteiger partial charge is 0.337 e. The Labute approximate surface area is 122 Å². The van der Waals surface area contributed by atoms with E-state index < -0.39 is 22.1 Å². The third-order valence-corrected chi connectivity index (χ3v) is 4.53. The summed E-state index contributed by atoms with van der Waals surface area (Å²) < 4.78 is 22.6. The van der Waals surface area contributed by atoms with Gasteiger partial charge in [0.1, 0.15) is 0 Å². The Hall–Kier alpha value is -1.64. The average Bonchev–Trinajstić information content (AvgIpc) is 2.40. The zero-order chi connectivity index (χ0) is 15.6. The number of rotatable bonds is 4. The maximum absolute atomic E-state index is 11.3. The SMILES string of the molecule is NS(=O)(=O)c1ccc(NC2CCCCC2O)c(C(=O)O)c1. The Balaban J connectivity index is 2.32. The molecule has 0 bridgehead atoms. The van der Waals surface area contributed by atoms with Crippen molar-refractivity contribution < 1.29 is 23.4 Å². The molecule has 1 aromatic carbocycles. The van der Waals surface area contributed by atoms with Crippen molar-refractivity contribution in [3.63, 3.8) is 0 Å². The molecular formula is C13H18N2O5S. The number of benzene rings is 1. The van der Waals surface area contributed by atoms with Crippen LogP contribution in [0.1, 0.15) is 36.0 Å². The molecule has 2 atom stereocenters. The quantitative estimate of drug-likeness (QED) is 0.649. The molecule has 0 heterocycles. The van der Waals surface area contributed by atoms with Crippen LogP contribution in [0.2, 0.25) is 0 Å². The number of aliphatic hydroxyl groups excluding tert-OH is 1. The number of anilines is 1. The van der Waals surface area contributed by atoms with Crippen LogP contribution in [0.3, 0.4) is 0 Å². The fourth-order valence-corrected chi connectivity index (χ4v) is 3.02. The monoisotopic (exact) mass is 314 g/mol. The van der Waals surface area contributed by atoms with Crippen LogP contribution in [0, 0.1) is 0 Å². The molecule has 2 rings (SSSR count). The van der Waals surface area contributed by atoms with Gasteiger partial charge in [0.25, 0.3) is 0 Å². The van der Waals surface area contributed by atoms with Crippen molar-refractivity contribution in [1.29, 1.82) is 0 Å². The molecule has 0 amide bonds. The Morgan fingerprint density at radius 1 is 1.29 bits per heavy atom. The van der Waals surface area contributed by atoms with Gasteiger partial charge in [-0.3, -0.25) is 0 Å². The third kappa shape index (κ3) is 3.72. The van der Waals surface area contributed by atoms with Crippen LogP contribution in [-0.4, -0.2) is 36.7 Å². The maximum atomic E-state index is 11.3. The summed E-state index contributed by atoms with van der Waals surface area (Å²) in [5.41, 5.74) is 0.0974. The number of carboxylic acid groups (broad SMARTS) is 1. The number of sulfonamides is 1. The molecule has 8 heteroatoms.